The molecule has 1 heterocycles. The Morgan fingerprint density at radius 1 is 1.64 bits per heavy atom. The molecule has 0 aromatic carbocycles. The van der Waals surface area contributed by atoms with E-state index in [9.17, 15) is 4.79 Å². The van der Waals surface area contributed by atoms with E-state index < -0.39 is 0 Å². The molecule has 1 aromatic heterocycles. The number of hydrogen-bond donors (Lipinski definition) is 1. The minimum atomic E-state index is -0.206. The Bertz CT molecular complexity index is 452. The van der Waals surface area contributed by atoms with Crippen molar-refractivity contribution in [2.45, 2.75) is 6.92 Å². The van der Waals surface area contributed by atoms with Crippen LogP contribution < -0.4 is 16.2 Å². The summed E-state index contributed by atoms with van der Waals surface area (Å²) >= 11 is 0. The maximum atomic E-state index is 11.6. The number of hydrogen-bond acceptors (Lipinski definition) is 4. The van der Waals surface area contributed by atoms with E-state index in [1.807, 2.05) is 0 Å². The molecule has 0 aliphatic heterocycles. The molecule has 0 aliphatic rings. The molecule has 14 heavy (non-hydrogen) atoms. The van der Waals surface area contributed by atoms with Crippen LogP contribution in [0.15, 0.2) is 11.1 Å². The molecule has 0 unspecified atom stereocenters. The van der Waals surface area contributed by atoms with E-state index in [0.717, 1.165) is 0 Å². The molecule has 5 heteroatoms. The van der Waals surface area contributed by atoms with Crippen molar-refractivity contribution in [1.82, 2.24) is 9.55 Å². The van der Waals surface area contributed by atoms with Crippen LogP contribution in [0.25, 0.3) is 0 Å². The van der Waals surface area contributed by atoms with Gasteiger partial charge in [0.2, 0.25) is 0 Å². The summed E-state index contributed by atoms with van der Waals surface area (Å²) in [5.41, 5.74) is 5.69. The zero-order chi connectivity index (χ0) is 10.7. The predicted octanol–water partition coefficient (Wildman–Crippen LogP) is -0.220. The Labute approximate surface area is 82.2 Å². The Balaban J connectivity index is 3.37. The van der Waals surface area contributed by atoms with E-state index in [-0.39, 0.29) is 11.4 Å². The van der Waals surface area contributed by atoms with Gasteiger partial charge in [-0.2, -0.15) is 0 Å². The van der Waals surface area contributed by atoms with Gasteiger partial charge in [-0.1, -0.05) is 5.92 Å². The highest BCUT2D eigenvalue weighted by Gasteiger charge is 2.10. The minimum absolute atomic E-state index is 0.193. The van der Waals surface area contributed by atoms with E-state index in [1.165, 1.54) is 15.8 Å². The summed E-state index contributed by atoms with van der Waals surface area (Å²) in [5, 5.41) is 0. The Morgan fingerprint density at radius 3 is 2.86 bits per heavy atom. The molecule has 5 nitrogen and oxygen atoms in total. The van der Waals surface area contributed by atoms with Gasteiger partial charge in [-0.3, -0.25) is 9.69 Å². The average molecular weight is 192 g/mol. The summed E-state index contributed by atoms with van der Waals surface area (Å²) in [5.74, 6) is 2.88. The number of nitrogen functional groups attached to an aromatic ring is 1. The second kappa shape index (κ2) is 3.83. The highest BCUT2D eigenvalue weighted by Crippen LogP contribution is 2.11. The molecule has 0 saturated carbocycles. The fourth-order valence-corrected chi connectivity index (χ4v) is 1.08. The van der Waals surface area contributed by atoms with Gasteiger partial charge in [-0.15, -0.1) is 0 Å². The molecular weight excluding hydrogens is 180 g/mol. The Kier molecular flexibility index (Phi) is 2.77. The van der Waals surface area contributed by atoms with Crippen molar-refractivity contribution >= 4 is 11.5 Å². The summed E-state index contributed by atoms with van der Waals surface area (Å²) in [7, 11) is 3.29. The van der Waals surface area contributed by atoms with E-state index >= 15 is 0 Å². The maximum Gasteiger partial charge on any atom is 0.279 e. The van der Waals surface area contributed by atoms with Crippen LogP contribution in [-0.4, -0.2) is 16.6 Å². The molecule has 0 bridgehead atoms. The molecule has 2 N–H and O–H groups in total. The number of anilines is 2. The van der Waals surface area contributed by atoms with Crippen LogP contribution in [0.4, 0.5) is 11.5 Å². The van der Waals surface area contributed by atoms with Crippen LogP contribution in [0, 0.1) is 12.0 Å². The van der Waals surface area contributed by atoms with E-state index in [2.05, 4.69) is 16.9 Å². The summed E-state index contributed by atoms with van der Waals surface area (Å²) in [6.45, 7) is 1.69. The predicted molar refractivity (Wildman–Crippen MR) is 55.7 cm³/mol. The van der Waals surface area contributed by atoms with E-state index in [1.54, 1.807) is 21.0 Å². The molecule has 0 atom stereocenters. The maximum absolute atomic E-state index is 11.6. The third kappa shape index (κ3) is 1.69. The van der Waals surface area contributed by atoms with Crippen molar-refractivity contribution in [3.63, 3.8) is 0 Å². The molecule has 0 amide bonds. The number of rotatable bonds is 1. The van der Waals surface area contributed by atoms with Gasteiger partial charge in [-0.05, 0) is 6.92 Å². The van der Waals surface area contributed by atoms with Gasteiger partial charge in [0.05, 0.1) is 6.33 Å². The first-order chi connectivity index (χ1) is 6.57. The monoisotopic (exact) mass is 192 g/mol. The van der Waals surface area contributed by atoms with Crippen molar-refractivity contribution in [2.75, 3.05) is 17.7 Å². The fraction of sp³-hybridized carbons (Fsp3) is 0.333. The van der Waals surface area contributed by atoms with Crippen LogP contribution >= 0.6 is 0 Å². The Hall–Kier alpha value is -1.96. The summed E-state index contributed by atoms with van der Waals surface area (Å²) in [4.78, 5) is 17.0. The lowest BCUT2D eigenvalue weighted by molar-refractivity contribution is 0.824. The lowest BCUT2D eigenvalue weighted by Gasteiger charge is -2.12. The summed E-state index contributed by atoms with van der Waals surface area (Å²) in [6, 6.07) is 2.72. The third-order valence-corrected chi connectivity index (χ3v) is 1.75. The molecule has 0 aliphatic carbocycles. The van der Waals surface area contributed by atoms with E-state index in [0.29, 0.717) is 5.69 Å². The van der Waals surface area contributed by atoms with Crippen LogP contribution in [0.3, 0.4) is 0 Å². The van der Waals surface area contributed by atoms with Gasteiger partial charge < -0.3 is 10.3 Å². The first-order valence-electron chi connectivity index (χ1n) is 4.05. The zero-order valence-electron chi connectivity index (χ0n) is 8.40. The topological polar surface area (TPSA) is 64.2 Å². The fourth-order valence-electron chi connectivity index (χ4n) is 1.08. The van der Waals surface area contributed by atoms with Gasteiger partial charge in [0.1, 0.15) is 0 Å². The van der Waals surface area contributed by atoms with Gasteiger partial charge in [0.25, 0.3) is 5.56 Å². The van der Waals surface area contributed by atoms with Crippen molar-refractivity contribution in [2.24, 2.45) is 7.05 Å². The molecule has 74 valence electrons. The highest BCUT2D eigenvalue weighted by atomic mass is 16.1. The third-order valence-electron chi connectivity index (χ3n) is 1.75. The number of aromatic nitrogens is 2. The van der Waals surface area contributed by atoms with Crippen molar-refractivity contribution < 1.29 is 0 Å². The normalized spacial score (nSPS) is 9.07. The lowest BCUT2D eigenvalue weighted by atomic mass is 10.4. The molecular formula is C9H12N4O. The standard InChI is InChI=1S/C9H12N4O/c1-4-5-12(2)7-8(10)11-6-13(3)9(7)14/h6H,10H2,1-3H3. The number of aryl methyl sites for hydroxylation is 1. The first kappa shape index (κ1) is 10.1. The summed E-state index contributed by atoms with van der Waals surface area (Å²) < 4.78 is 1.36. The molecule has 0 saturated heterocycles. The van der Waals surface area contributed by atoms with Crippen LogP contribution in [0.5, 0.6) is 0 Å². The molecule has 1 rings (SSSR count). The molecule has 0 radical (unpaired) electrons. The smallest absolute Gasteiger partial charge is 0.279 e. The number of nitrogens with two attached hydrogens (primary N) is 1. The van der Waals surface area contributed by atoms with Crippen LogP contribution in [0.2, 0.25) is 0 Å². The van der Waals surface area contributed by atoms with Crippen molar-refractivity contribution in [3.8, 4) is 12.0 Å². The van der Waals surface area contributed by atoms with Crippen molar-refractivity contribution in [3.05, 3.63) is 16.7 Å². The zero-order valence-corrected chi connectivity index (χ0v) is 8.40. The lowest BCUT2D eigenvalue weighted by Crippen LogP contribution is -2.27. The van der Waals surface area contributed by atoms with Gasteiger partial charge in [0, 0.05) is 20.1 Å². The van der Waals surface area contributed by atoms with E-state index in [4.69, 9.17) is 5.73 Å². The first-order valence-corrected chi connectivity index (χ1v) is 4.05. The highest BCUT2D eigenvalue weighted by molar-refractivity contribution is 5.64. The quantitative estimate of drug-likeness (QED) is 0.493. The second-order valence-corrected chi connectivity index (χ2v) is 2.82. The summed E-state index contributed by atoms with van der Waals surface area (Å²) in [6.07, 6.45) is 1.38. The van der Waals surface area contributed by atoms with Gasteiger partial charge in [0.15, 0.2) is 11.5 Å². The minimum Gasteiger partial charge on any atom is -0.382 e. The number of nitrogens with zero attached hydrogens (tertiary/aromatic N) is 3. The van der Waals surface area contributed by atoms with Crippen molar-refractivity contribution in [1.29, 1.82) is 0 Å². The molecule has 0 spiro atoms. The Morgan fingerprint density at radius 2 is 2.29 bits per heavy atom. The van der Waals surface area contributed by atoms with Gasteiger partial charge >= 0.3 is 0 Å². The second-order valence-electron chi connectivity index (χ2n) is 2.82. The SMILES string of the molecule is CC#CN(C)c1c(N)ncn(C)c1=O. The molecule has 0 fully saturated rings. The average Bonchev–Trinajstić information content (AvgIpc) is 2.13. The van der Waals surface area contributed by atoms with Crippen LogP contribution in [-0.2, 0) is 7.05 Å². The van der Waals surface area contributed by atoms with Crippen LogP contribution in [0.1, 0.15) is 6.92 Å². The largest absolute Gasteiger partial charge is 0.382 e. The van der Waals surface area contributed by atoms with Gasteiger partial charge in [-0.25, -0.2) is 4.98 Å². The molecule has 1 aromatic rings.